The highest BCUT2D eigenvalue weighted by molar-refractivity contribution is 9.10. The number of anilines is 1. The normalized spacial score (nSPS) is 11.1. The van der Waals surface area contributed by atoms with Gasteiger partial charge >= 0.3 is 12.1 Å². The average Bonchev–Trinajstić information content (AvgIpc) is 2.58. The molecule has 0 heterocycles. The lowest BCUT2D eigenvalue weighted by Gasteiger charge is -2.09. The monoisotopic (exact) mass is 428 g/mol. The summed E-state index contributed by atoms with van der Waals surface area (Å²) in [5, 5.41) is 4.51. The fourth-order valence-electron chi connectivity index (χ4n) is 2.16. The highest BCUT2D eigenvalue weighted by Gasteiger charge is 2.38. The second kappa shape index (κ2) is 8.84. The van der Waals surface area contributed by atoms with Crippen molar-refractivity contribution in [1.29, 1.82) is 0 Å². The highest BCUT2D eigenvalue weighted by atomic mass is 79.9. The Balaban J connectivity index is 1.81. The Labute approximate surface area is 156 Å². The Kier molecular flexibility index (Phi) is 6.79. The van der Waals surface area contributed by atoms with Gasteiger partial charge in [0.15, 0.2) is 0 Å². The zero-order valence-electron chi connectivity index (χ0n) is 13.6. The van der Waals surface area contributed by atoms with Crippen LogP contribution in [0.25, 0.3) is 0 Å². The summed E-state index contributed by atoms with van der Waals surface area (Å²) in [6, 6.07) is 13.9. The zero-order valence-corrected chi connectivity index (χ0v) is 15.2. The molecule has 2 N–H and O–H groups in total. The standard InChI is InChI=1S/C18H16BrF3N2O2/c19-14-3-1-2-12(10-14)6-9-16(25)24-15-7-4-13(5-8-15)11-23-17(26)18(20,21)22/h1-5,7-8,10H,6,9,11H2,(H,23,26)(H,24,25). The molecule has 0 bridgehead atoms. The number of carbonyl (C=O) groups is 2. The van der Waals surface area contributed by atoms with Gasteiger partial charge < -0.3 is 10.6 Å². The van der Waals surface area contributed by atoms with Crippen LogP contribution in [0.3, 0.4) is 0 Å². The number of hydrogen-bond acceptors (Lipinski definition) is 2. The molecule has 2 aromatic carbocycles. The van der Waals surface area contributed by atoms with Crippen molar-refractivity contribution in [3.8, 4) is 0 Å². The molecule has 8 heteroatoms. The summed E-state index contributed by atoms with van der Waals surface area (Å²) in [5.74, 6) is -2.15. The van der Waals surface area contributed by atoms with Crippen LogP contribution in [0.15, 0.2) is 53.0 Å². The lowest BCUT2D eigenvalue weighted by molar-refractivity contribution is -0.173. The number of hydrogen-bond donors (Lipinski definition) is 2. The fraction of sp³-hybridized carbons (Fsp3) is 0.222. The van der Waals surface area contributed by atoms with E-state index in [0.29, 0.717) is 24.1 Å². The van der Waals surface area contributed by atoms with Crippen molar-refractivity contribution < 1.29 is 22.8 Å². The van der Waals surface area contributed by atoms with Gasteiger partial charge in [0.1, 0.15) is 0 Å². The summed E-state index contributed by atoms with van der Waals surface area (Å²) in [6.07, 6.45) is -4.01. The van der Waals surface area contributed by atoms with Crippen molar-refractivity contribution in [2.45, 2.75) is 25.6 Å². The molecule has 2 amide bonds. The van der Waals surface area contributed by atoms with Gasteiger partial charge in [-0.15, -0.1) is 0 Å². The number of aryl methyl sites for hydroxylation is 1. The van der Waals surface area contributed by atoms with Crippen molar-refractivity contribution in [3.63, 3.8) is 0 Å². The van der Waals surface area contributed by atoms with Gasteiger partial charge in [0.05, 0.1) is 0 Å². The van der Waals surface area contributed by atoms with Gasteiger partial charge in [0.25, 0.3) is 0 Å². The smallest absolute Gasteiger partial charge is 0.344 e. The van der Waals surface area contributed by atoms with Crippen molar-refractivity contribution >= 4 is 33.4 Å². The predicted octanol–water partition coefficient (Wildman–Crippen LogP) is 4.20. The lowest BCUT2D eigenvalue weighted by atomic mass is 10.1. The van der Waals surface area contributed by atoms with Gasteiger partial charge in [0.2, 0.25) is 5.91 Å². The molecular weight excluding hydrogens is 413 g/mol. The van der Waals surface area contributed by atoms with Gasteiger partial charge in [-0.25, -0.2) is 0 Å². The van der Waals surface area contributed by atoms with Crippen molar-refractivity contribution in [2.24, 2.45) is 0 Å². The number of nitrogens with one attached hydrogen (secondary N) is 2. The second-order valence-electron chi connectivity index (χ2n) is 5.56. The molecule has 0 atom stereocenters. The molecule has 26 heavy (non-hydrogen) atoms. The van der Waals surface area contributed by atoms with Crippen LogP contribution in [0.4, 0.5) is 18.9 Å². The van der Waals surface area contributed by atoms with E-state index in [-0.39, 0.29) is 12.5 Å². The Morgan fingerprint density at radius 1 is 1.00 bits per heavy atom. The highest BCUT2D eigenvalue weighted by Crippen LogP contribution is 2.16. The molecule has 0 fully saturated rings. The number of carbonyl (C=O) groups excluding carboxylic acids is 2. The molecule has 138 valence electrons. The van der Waals surface area contributed by atoms with Crippen LogP contribution >= 0.6 is 15.9 Å². The molecule has 4 nitrogen and oxygen atoms in total. The first-order valence-corrected chi connectivity index (χ1v) is 8.51. The van der Waals surface area contributed by atoms with Crippen molar-refractivity contribution in [3.05, 3.63) is 64.1 Å². The molecule has 0 aliphatic heterocycles. The van der Waals surface area contributed by atoms with Crippen molar-refractivity contribution in [1.82, 2.24) is 5.32 Å². The number of alkyl halides is 3. The van der Waals surface area contributed by atoms with Crippen molar-refractivity contribution in [2.75, 3.05) is 5.32 Å². The molecule has 0 radical (unpaired) electrons. The molecule has 0 saturated heterocycles. The third-order valence-electron chi connectivity index (χ3n) is 3.48. The van der Waals surface area contributed by atoms with E-state index in [2.05, 4.69) is 21.2 Å². The van der Waals surface area contributed by atoms with Gasteiger partial charge in [-0.05, 0) is 41.8 Å². The molecule has 2 aromatic rings. The van der Waals surface area contributed by atoms with Crippen LogP contribution in [0.2, 0.25) is 0 Å². The lowest BCUT2D eigenvalue weighted by Crippen LogP contribution is -2.36. The van der Waals surface area contributed by atoms with Gasteiger partial charge in [-0.2, -0.15) is 13.2 Å². The van der Waals surface area contributed by atoms with Gasteiger partial charge in [0, 0.05) is 23.1 Å². The number of benzene rings is 2. The van der Waals surface area contributed by atoms with E-state index in [1.807, 2.05) is 24.3 Å². The summed E-state index contributed by atoms with van der Waals surface area (Å²) in [5.41, 5.74) is 2.06. The van der Waals surface area contributed by atoms with Crippen LogP contribution in [-0.2, 0) is 22.6 Å². The fourth-order valence-corrected chi connectivity index (χ4v) is 2.61. The molecule has 0 aromatic heterocycles. The van der Waals surface area contributed by atoms with E-state index in [1.54, 1.807) is 29.6 Å². The maximum Gasteiger partial charge on any atom is 0.471 e. The summed E-state index contributed by atoms with van der Waals surface area (Å²) >= 11 is 3.37. The maximum absolute atomic E-state index is 12.1. The van der Waals surface area contributed by atoms with Gasteiger partial charge in [-0.1, -0.05) is 40.2 Å². The minimum Gasteiger partial charge on any atom is -0.344 e. The first-order chi connectivity index (χ1) is 12.2. The zero-order chi connectivity index (χ0) is 19.2. The van der Waals surface area contributed by atoms with Crippen LogP contribution in [-0.4, -0.2) is 18.0 Å². The Morgan fingerprint density at radius 3 is 2.31 bits per heavy atom. The molecule has 0 aliphatic carbocycles. The number of rotatable bonds is 6. The van der Waals surface area contributed by atoms with Crippen LogP contribution in [0.1, 0.15) is 17.5 Å². The molecule has 0 aliphatic rings. The Morgan fingerprint density at radius 2 is 1.69 bits per heavy atom. The minimum absolute atomic E-state index is 0.164. The molecular formula is C18H16BrF3N2O2. The van der Waals surface area contributed by atoms with E-state index in [0.717, 1.165) is 10.0 Å². The van der Waals surface area contributed by atoms with Crippen LogP contribution in [0.5, 0.6) is 0 Å². The summed E-state index contributed by atoms with van der Waals surface area (Å²) < 4.78 is 37.3. The second-order valence-corrected chi connectivity index (χ2v) is 6.47. The quantitative estimate of drug-likeness (QED) is 0.724. The third kappa shape index (κ3) is 6.51. The molecule has 2 rings (SSSR count). The largest absolute Gasteiger partial charge is 0.471 e. The Hall–Kier alpha value is -2.35. The Bertz CT molecular complexity index is 777. The molecule has 0 spiro atoms. The molecule has 0 unspecified atom stereocenters. The van der Waals surface area contributed by atoms with E-state index in [1.165, 1.54) is 0 Å². The first-order valence-electron chi connectivity index (χ1n) is 7.72. The SMILES string of the molecule is O=C(CCc1cccc(Br)c1)Nc1ccc(CNC(=O)C(F)(F)F)cc1. The summed E-state index contributed by atoms with van der Waals surface area (Å²) in [7, 11) is 0. The predicted molar refractivity (Wildman–Crippen MR) is 95.4 cm³/mol. The molecule has 0 saturated carbocycles. The average molecular weight is 429 g/mol. The van der Waals surface area contributed by atoms with E-state index >= 15 is 0 Å². The number of halogens is 4. The maximum atomic E-state index is 12.1. The first kappa shape index (κ1) is 20.0. The van der Waals surface area contributed by atoms with E-state index < -0.39 is 12.1 Å². The van der Waals surface area contributed by atoms with Crippen LogP contribution < -0.4 is 10.6 Å². The van der Waals surface area contributed by atoms with E-state index in [9.17, 15) is 22.8 Å². The van der Waals surface area contributed by atoms with Gasteiger partial charge in [-0.3, -0.25) is 9.59 Å². The third-order valence-corrected chi connectivity index (χ3v) is 3.97. The number of amides is 2. The van der Waals surface area contributed by atoms with Crippen LogP contribution in [0, 0.1) is 0 Å². The summed E-state index contributed by atoms with van der Waals surface area (Å²) in [6.45, 7) is -0.241. The van der Waals surface area contributed by atoms with E-state index in [4.69, 9.17) is 0 Å². The summed E-state index contributed by atoms with van der Waals surface area (Å²) in [4.78, 5) is 22.7. The topological polar surface area (TPSA) is 58.2 Å². The minimum atomic E-state index is -4.90.